The fourth-order valence-corrected chi connectivity index (χ4v) is 23.7. The van der Waals surface area contributed by atoms with Crippen LogP contribution in [0.5, 0.6) is 11.5 Å². The Hall–Kier alpha value is -8.90. The van der Waals surface area contributed by atoms with Gasteiger partial charge in [0.15, 0.2) is 0 Å². The summed E-state index contributed by atoms with van der Waals surface area (Å²) < 4.78 is 12.8. The number of carbonyl (C=O) groups excluding carboxylic acids is 7. The Morgan fingerprint density at radius 1 is 0.478 bits per heavy atom. The lowest BCUT2D eigenvalue weighted by molar-refractivity contribution is -0.223. The minimum absolute atomic E-state index is 0.00655. The summed E-state index contributed by atoms with van der Waals surface area (Å²) in [5.41, 5.74) is 13.8. The molecule has 7 amide bonds. The number of carbonyl (C=O) groups is 8. The molecule has 6 heterocycles. The third-order valence-electron chi connectivity index (χ3n) is 30.0. The third-order valence-corrected chi connectivity index (χ3v) is 30.0. The second-order valence-electron chi connectivity index (χ2n) is 39.4. The van der Waals surface area contributed by atoms with Crippen molar-refractivity contribution in [3.05, 3.63) is 117 Å². The number of carboxylic acid groups (broad SMARTS) is 1. The van der Waals surface area contributed by atoms with Gasteiger partial charge in [0.1, 0.15) is 35.8 Å². The molecule has 8 N–H and O–H groups in total. The fourth-order valence-electron chi connectivity index (χ4n) is 23.7. The SMILES string of the molecule is Cc1cc(OC2C(C)(C)C(N)C2(C)C)cc(C)c1C#N.Cc1cc(OC2C(C)(C)C(NC(=O)c3ccc(N4CCC(CC5CCN(C67CC(C(=O)NC8CCC(=O)NC8=O)(C6)C7)CC5)CC4)cc3)C2(C)C)cc(C)c1C#N.O=C1CCC(NC(=O)C23CC(N4CCC(CC5CCN(c6ccc(C(=O)O)cc6)CC5)CC4)(C2)C3)C(=O)N1. The fraction of sp³-hybridized carbons (Fsp3) is 0.630. The summed E-state index contributed by atoms with van der Waals surface area (Å²) in [5.74, 6) is 2.38. The highest BCUT2D eigenvalue weighted by Crippen LogP contribution is 2.71. The van der Waals surface area contributed by atoms with E-state index in [1.807, 2.05) is 76.2 Å². The van der Waals surface area contributed by atoms with Gasteiger partial charge in [0.25, 0.3) is 5.91 Å². The molecule has 115 heavy (non-hydrogen) atoms. The van der Waals surface area contributed by atoms with Crippen LogP contribution in [-0.4, -0.2) is 162 Å². The average Bonchev–Trinajstić information content (AvgIpc) is 0.670. The Kier molecular flexibility index (Phi) is 22.6. The number of imide groups is 2. The summed E-state index contributed by atoms with van der Waals surface area (Å²) in [4.78, 5) is 108. The number of benzene rings is 4. The van der Waals surface area contributed by atoms with E-state index < -0.39 is 18.1 Å². The molecule has 4 aromatic rings. The Bertz CT molecular complexity index is 4400. The molecule has 23 nitrogen and oxygen atoms in total. The van der Waals surface area contributed by atoms with Crippen LogP contribution in [0.15, 0.2) is 72.8 Å². The van der Waals surface area contributed by atoms with Crippen molar-refractivity contribution in [1.29, 1.82) is 10.5 Å². The minimum Gasteiger partial charge on any atom is -0.489 e. The number of nitrogens with two attached hydrogens (primary N) is 1. The Balaban J connectivity index is 0.000000161. The lowest BCUT2D eigenvalue weighted by atomic mass is 9.38. The van der Waals surface area contributed by atoms with E-state index in [0.717, 1.165) is 160 Å². The first-order valence-electron chi connectivity index (χ1n) is 42.6. The highest BCUT2D eigenvalue weighted by Gasteiger charge is 2.75. The van der Waals surface area contributed by atoms with E-state index >= 15 is 0 Å². The summed E-state index contributed by atoms with van der Waals surface area (Å²) >= 11 is 0. The number of nitriles is 2. The van der Waals surface area contributed by atoms with Gasteiger partial charge in [-0.3, -0.25) is 54.0 Å². The Morgan fingerprint density at radius 2 is 0.800 bits per heavy atom. The molecular formula is C92H122N12O11. The molecule has 0 radical (unpaired) electrons. The number of nitrogens with one attached hydrogen (secondary N) is 5. The van der Waals surface area contributed by atoms with Crippen molar-refractivity contribution in [2.75, 3.05) is 62.2 Å². The van der Waals surface area contributed by atoms with Crippen molar-refractivity contribution >= 4 is 58.7 Å². The first kappa shape index (κ1) is 82.6. The molecule has 0 spiro atoms. The van der Waals surface area contributed by atoms with Crippen molar-refractivity contribution in [3.63, 3.8) is 0 Å². The van der Waals surface area contributed by atoms with Gasteiger partial charge in [-0.2, -0.15) is 10.5 Å². The molecule has 2 unspecified atom stereocenters. The van der Waals surface area contributed by atoms with E-state index in [1.54, 1.807) is 12.1 Å². The quantitative estimate of drug-likeness (QED) is 0.0429. The zero-order valence-electron chi connectivity index (χ0n) is 69.8. The van der Waals surface area contributed by atoms with Crippen molar-refractivity contribution in [3.8, 4) is 23.6 Å². The van der Waals surface area contributed by atoms with Gasteiger partial charge < -0.3 is 46.1 Å². The third kappa shape index (κ3) is 15.9. The molecule has 14 aliphatic rings. The molecule has 4 aromatic carbocycles. The molecule has 18 rings (SSSR count). The molecule has 0 aromatic heterocycles. The monoisotopic (exact) mass is 1570 g/mol. The van der Waals surface area contributed by atoms with Gasteiger partial charge in [-0.25, -0.2) is 4.79 Å². The van der Waals surface area contributed by atoms with Gasteiger partial charge in [0.2, 0.25) is 35.4 Å². The predicted molar refractivity (Wildman–Crippen MR) is 439 cm³/mol. The highest BCUT2D eigenvalue weighted by atomic mass is 16.5. The Morgan fingerprint density at radius 3 is 1.12 bits per heavy atom. The minimum atomic E-state index is -0.884. The van der Waals surface area contributed by atoms with Crippen LogP contribution in [0.4, 0.5) is 11.4 Å². The number of hydrogen-bond donors (Lipinski definition) is 7. The maximum atomic E-state index is 13.6. The molecule has 6 aliphatic heterocycles. The van der Waals surface area contributed by atoms with Gasteiger partial charge in [-0.05, 0) is 288 Å². The van der Waals surface area contributed by atoms with E-state index in [2.05, 4.69) is 126 Å². The molecule has 8 aliphatic carbocycles. The topological polar surface area (TPSA) is 322 Å². The molecule has 4 bridgehead atoms. The van der Waals surface area contributed by atoms with Crippen LogP contribution < -0.4 is 51.6 Å². The number of carboxylic acids is 1. The summed E-state index contributed by atoms with van der Waals surface area (Å²) in [6.45, 7) is 33.5. The number of ether oxygens (including phenoxy) is 2. The first-order valence-corrected chi connectivity index (χ1v) is 42.6. The first-order chi connectivity index (χ1) is 54.4. The number of aryl methyl sites for hydroxylation is 4. The second kappa shape index (κ2) is 31.5. The number of rotatable bonds is 19. The smallest absolute Gasteiger partial charge is 0.335 e. The summed E-state index contributed by atoms with van der Waals surface area (Å²) in [6, 6.07) is 26.5. The van der Waals surface area contributed by atoms with Gasteiger partial charge in [0.05, 0.1) is 39.7 Å². The summed E-state index contributed by atoms with van der Waals surface area (Å²) in [6.07, 6.45) is 18.9. The van der Waals surface area contributed by atoms with E-state index in [1.165, 1.54) is 69.9 Å². The number of amides is 7. The maximum Gasteiger partial charge on any atom is 0.335 e. The summed E-state index contributed by atoms with van der Waals surface area (Å²) in [5, 5.41) is 41.6. The van der Waals surface area contributed by atoms with Crippen molar-refractivity contribution in [2.24, 2.45) is 61.9 Å². The number of hydrogen-bond acceptors (Lipinski definition) is 17. The van der Waals surface area contributed by atoms with Crippen LogP contribution in [-0.2, 0) is 28.8 Å². The number of anilines is 2. The molecule has 14 fully saturated rings. The Labute approximate surface area is 679 Å². The standard InChI is InChI=1S/C46H60N6O5.C29H38N4O5.C17H24N2O/c1-28-21-34(22-29(2)35(28)24-47)57-41-43(3,4)40(44(41,5)6)50-38(54)32-7-9-33(10-8-32)51-17-13-30(14-18-51)23-31-15-19-52(20-16-31)46-25-45(26-46,27-46)42(56)48-36-11-12-37(53)49-39(36)55;34-24-6-5-23(25(35)31-24)30-27(38)28-16-29(17-28,18-28)33-13-9-20(10-14-33)15-19-7-11-32(12-8-19)22-3-1-21(2-4-22)26(36)37;1-10-7-12(8-11(2)13(10)9-18)20-15-16(3,4)14(19)17(15,5)6/h7-10,21-22,30-31,36,40-41H,11-20,23,25-27H2,1-6H3,(H,48,56)(H,50,54)(H,49,53,55);1-4,19-20,23H,5-18H2,(H,30,38)(H,36,37)(H,31,34,35);7-8,14-15H,19H2,1-6H3. The second-order valence-corrected chi connectivity index (χ2v) is 39.4. The van der Waals surface area contributed by atoms with Crippen LogP contribution >= 0.6 is 0 Å². The van der Waals surface area contributed by atoms with E-state index in [9.17, 15) is 43.6 Å². The van der Waals surface area contributed by atoms with Crippen LogP contribution in [0.1, 0.15) is 238 Å². The predicted octanol–water partition coefficient (Wildman–Crippen LogP) is 11.8. The largest absolute Gasteiger partial charge is 0.489 e. The van der Waals surface area contributed by atoms with Crippen molar-refractivity contribution in [1.82, 2.24) is 36.4 Å². The van der Waals surface area contributed by atoms with Crippen LogP contribution in [0.3, 0.4) is 0 Å². The molecule has 2 atom stereocenters. The molecular weight excluding hydrogens is 1450 g/mol. The molecule has 616 valence electrons. The zero-order valence-corrected chi connectivity index (χ0v) is 69.8. The molecule has 6 saturated heterocycles. The number of likely N-dealkylation sites (tertiary alicyclic amines) is 2. The van der Waals surface area contributed by atoms with Crippen molar-refractivity contribution < 1.29 is 52.9 Å². The van der Waals surface area contributed by atoms with Gasteiger partial charge in [-0.15, -0.1) is 0 Å². The average molecular weight is 1570 g/mol. The highest BCUT2D eigenvalue weighted by molar-refractivity contribution is 6.03. The normalized spacial score (nSPS) is 30.5. The number of aromatic carboxylic acids is 1. The number of piperidine rings is 6. The molecule has 8 saturated carbocycles. The van der Waals surface area contributed by atoms with E-state index in [0.29, 0.717) is 29.5 Å². The van der Waals surface area contributed by atoms with Gasteiger partial charge >= 0.3 is 5.97 Å². The van der Waals surface area contributed by atoms with Gasteiger partial charge in [0, 0.05) is 101 Å². The van der Waals surface area contributed by atoms with Gasteiger partial charge in [-0.1, -0.05) is 55.4 Å². The van der Waals surface area contributed by atoms with E-state index in [4.69, 9.17) is 25.6 Å². The lowest BCUT2D eigenvalue weighted by Crippen LogP contribution is -2.79. The van der Waals surface area contributed by atoms with Crippen LogP contribution in [0.2, 0.25) is 0 Å². The summed E-state index contributed by atoms with van der Waals surface area (Å²) in [7, 11) is 0. The zero-order chi connectivity index (χ0) is 82.3. The van der Waals surface area contributed by atoms with Crippen LogP contribution in [0, 0.1) is 107 Å². The lowest BCUT2D eigenvalue weighted by Gasteiger charge is -2.73. The molecule has 23 heteroatoms. The van der Waals surface area contributed by atoms with E-state index in [-0.39, 0.29) is 122 Å². The maximum absolute atomic E-state index is 13.6. The van der Waals surface area contributed by atoms with Crippen LogP contribution in [0.25, 0.3) is 0 Å². The number of nitrogens with zero attached hydrogens (tertiary/aromatic N) is 6. The van der Waals surface area contributed by atoms with Crippen molar-refractivity contribution in [2.45, 2.75) is 259 Å².